The van der Waals surface area contributed by atoms with Gasteiger partial charge in [-0.15, -0.1) is 0 Å². The zero-order chi connectivity index (χ0) is 17.9. The molecule has 24 heavy (non-hydrogen) atoms. The molecule has 0 bridgehead atoms. The smallest absolute Gasteiger partial charge is 0.243 e. The van der Waals surface area contributed by atoms with Crippen molar-refractivity contribution in [2.75, 3.05) is 18.9 Å². The van der Waals surface area contributed by atoms with E-state index >= 15 is 0 Å². The van der Waals surface area contributed by atoms with Crippen LogP contribution in [0.1, 0.15) is 19.9 Å². The Kier molecular flexibility index (Phi) is 5.35. The van der Waals surface area contributed by atoms with Crippen LogP contribution >= 0.6 is 0 Å². The molecule has 0 saturated heterocycles. The fourth-order valence-electron chi connectivity index (χ4n) is 2.08. The number of aromatic nitrogens is 2. The monoisotopic (exact) mass is 354 g/mol. The molecule has 0 aliphatic rings. The molecule has 0 aliphatic heterocycles. The highest BCUT2D eigenvalue weighted by Crippen LogP contribution is 2.16. The Morgan fingerprint density at radius 3 is 2.50 bits per heavy atom. The van der Waals surface area contributed by atoms with Gasteiger partial charge in [-0.2, -0.15) is 9.40 Å². The molecule has 1 amide bonds. The summed E-state index contributed by atoms with van der Waals surface area (Å²) >= 11 is 0. The zero-order valence-corrected chi connectivity index (χ0v) is 14.4. The van der Waals surface area contributed by atoms with Crippen LogP contribution < -0.4 is 5.32 Å². The average molecular weight is 354 g/mol. The summed E-state index contributed by atoms with van der Waals surface area (Å²) in [6.45, 7) is 3.45. The van der Waals surface area contributed by atoms with Crippen LogP contribution in [0.25, 0.3) is 0 Å². The average Bonchev–Trinajstić information content (AvgIpc) is 2.95. The van der Waals surface area contributed by atoms with Gasteiger partial charge in [0.1, 0.15) is 11.6 Å². The summed E-state index contributed by atoms with van der Waals surface area (Å²) in [4.78, 5) is 12.0. The fraction of sp³-hybridized carbons (Fsp3) is 0.333. The zero-order valence-electron chi connectivity index (χ0n) is 13.6. The number of hydrogen-bond acceptors (Lipinski definition) is 4. The number of hydrogen-bond donors (Lipinski definition) is 1. The maximum absolute atomic E-state index is 12.9. The quantitative estimate of drug-likeness (QED) is 0.858. The molecule has 1 N–H and O–H groups in total. The van der Waals surface area contributed by atoms with Crippen molar-refractivity contribution in [2.24, 2.45) is 0 Å². The molecule has 0 atom stereocenters. The lowest BCUT2D eigenvalue weighted by Gasteiger charge is -2.17. The minimum Gasteiger partial charge on any atom is -0.310 e. The van der Waals surface area contributed by atoms with Crippen LogP contribution in [-0.2, 0) is 14.8 Å². The molecule has 2 aromatic rings. The molecule has 9 heteroatoms. The number of carbonyl (C=O) groups is 1. The summed E-state index contributed by atoms with van der Waals surface area (Å²) in [5.74, 6) is -0.538. The first-order chi connectivity index (χ1) is 11.2. The predicted octanol–water partition coefficient (Wildman–Crippen LogP) is 1.86. The SMILES string of the molecule is CC(C)n1nccc1NC(=O)CN(C)S(=O)(=O)c1ccc(F)cc1. The van der Waals surface area contributed by atoms with Crippen molar-refractivity contribution in [3.05, 3.63) is 42.3 Å². The van der Waals surface area contributed by atoms with Gasteiger partial charge in [0.15, 0.2) is 0 Å². The highest BCUT2D eigenvalue weighted by atomic mass is 32.2. The van der Waals surface area contributed by atoms with Crippen LogP contribution in [-0.4, -0.2) is 42.0 Å². The number of halogens is 1. The fourth-order valence-corrected chi connectivity index (χ4v) is 3.21. The van der Waals surface area contributed by atoms with Crippen molar-refractivity contribution in [1.82, 2.24) is 14.1 Å². The van der Waals surface area contributed by atoms with Gasteiger partial charge in [0.05, 0.1) is 17.6 Å². The number of nitrogens with zero attached hydrogens (tertiary/aromatic N) is 3. The molecule has 1 heterocycles. The highest BCUT2D eigenvalue weighted by Gasteiger charge is 2.23. The highest BCUT2D eigenvalue weighted by molar-refractivity contribution is 7.89. The summed E-state index contributed by atoms with van der Waals surface area (Å²) in [6, 6.07) is 6.12. The largest absolute Gasteiger partial charge is 0.310 e. The van der Waals surface area contributed by atoms with Gasteiger partial charge in [-0.05, 0) is 38.1 Å². The molecule has 130 valence electrons. The Hall–Kier alpha value is -2.26. The number of amides is 1. The molecule has 1 aromatic carbocycles. The molecule has 1 aromatic heterocycles. The third-order valence-electron chi connectivity index (χ3n) is 3.32. The van der Waals surface area contributed by atoms with Crippen molar-refractivity contribution in [3.8, 4) is 0 Å². The first kappa shape index (κ1) is 18.1. The molecule has 0 radical (unpaired) electrons. The second-order valence-corrected chi connectivity index (χ2v) is 7.56. The van der Waals surface area contributed by atoms with E-state index < -0.39 is 21.7 Å². The minimum atomic E-state index is -3.87. The molecule has 0 unspecified atom stereocenters. The van der Waals surface area contributed by atoms with Gasteiger partial charge >= 0.3 is 0 Å². The summed E-state index contributed by atoms with van der Waals surface area (Å²) < 4.78 is 40.2. The van der Waals surface area contributed by atoms with Crippen LogP contribution in [0.3, 0.4) is 0 Å². The normalized spacial score (nSPS) is 11.9. The lowest BCUT2D eigenvalue weighted by Crippen LogP contribution is -2.35. The lowest BCUT2D eigenvalue weighted by atomic mass is 10.4. The Morgan fingerprint density at radius 1 is 1.29 bits per heavy atom. The number of carbonyl (C=O) groups excluding carboxylic acids is 1. The number of nitrogens with one attached hydrogen (secondary N) is 1. The minimum absolute atomic E-state index is 0.0518. The van der Waals surface area contributed by atoms with E-state index in [0.29, 0.717) is 5.82 Å². The number of benzene rings is 1. The third kappa shape index (κ3) is 3.98. The molecular weight excluding hydrogens is 335 g/mol. The van der Waals surface area contributed by atoms with E-state index in [0.717, 1.165) is 28.6 Å². The van der Waals surface area contributed by atoms with Gasteiger partial charge in [-0.1, -0.05) is 0 Å². The van der Waals surface area contributed by atoms with Crippen LogP contribution in [0, 0.1) is 5.82 Å². The summed E-state index contributed by atoms with van der Waals surface area (Å²) in [5, 5.41) is 6.72. The van der Waals surface area contributed by atoms with E-state index in [1.165, 1.54) is 7.05 Å². The topological polar surface area (TPSA) is 84.3 Å². The van der Waals surface area contributed by atoms with Crippen LogP contribution in [0.4, 0.5) is 10.2 Å². The van der Waals surface area contributed by atoms with Gasteiger partial charge < -0.3 is 5.32 Å². The first-order valence-corrected chi connectivity index (χ1v) is 8.71. The molecule has 7 nitrogen and oxygen atoms in total. The maximum Gasteiger partial charge on any atom is 0.243 e. The molecule has 0 fully saturated rings. The van der Waals surface area contributed by atoms with Crippen molar-refractivity contribution < 1.29 is 17.6 Å². The molecule has 0 saturated carbocycles. The Labute approximate surface area is 140 Å². The van der Waals surface area contributed by atoms with E-state index in [9.17, 15) is 17.6 Å². The first-order valence-electron chi connectivity index (χ1n) is 7.27. The Morgan fingerprint density at radius 2 is 1.92 bits per heavy atom. The van der Waals surface area contributed by atoms with Gasteiger partial charge in [-0.25, -0.2) is 17.5 Å². The maximum atomic E-state index is 12.9. The van der Waals surface area contributed by atoms with Gasteiger partial charge in [-0.3, -0.25) is 4.79 Å². The van der Waals surface area contributed by atoms with Crippen LogP contribution in [0.5, 0.6) is 0 Å². The van der Waals surface area contributed by atoms with E-state index in [-0.39, 0.29) is 17.5 Å². The number of sulfonamides is 1. The van der Waals surface area contributed by atoms with E-state index in [2.05, 4.69) is 10.4 Å². The summed E-state index contributed by atoms with van der Waals surface area (Å²) in [5.41, 5.74) is 0. The molecule has 0 spiro atoms. The standard InChI is InChI=1S/C15H19FN4O3S/c1-11(2)20-14(8-9-17-20)18-15(21)10-19(3)24(22,23)13-6-4-12(16)5-7-13/h4-9,11H,10H2,1-3H3,(H,18,21). The van der Waals surface area contributed by atoms with E-state index in [1.807, 2.05) is 13.8 Å². The third-order valence-corrected chi connectivity index (χ3v) is 5.13. The second kappa shape index (κ2) is 7.10. The molecular formula is C15H19FN4O3S. The van der Waals surface area contributed by atoms with Gasteiger partial charge in [0.25, 0.3) is 0 Å². The number of rotatable bonds is 6. The summed E-state index contributed by atoms with van der Waals surface area (Å²) in [6.07, 6.45) is 1.55. The van der Waals surface area contributed by atoms with Crippen molar-refractivity contribution in [3.63, 3.8) is 0 Å². The van der Waals surface area contributed by atoms with Crippen LogP contribution in [0.2, 0.25) is 0 Å². The van der Waals surface area contributed by atoms with E-state index in [1.54, 1.807) is 16.9 Å². The Bertz CT molecular complexity index is 815. The lowest BCUT2D eigenvalue weighted by molar-refractivity contribution is -0.116. The van der Waals surface area contributed by atoms with Gasteiger partial charge in [0, 0.05) is 19.2 Å². The molecule has 0 aliphatic carbocycles. The number of likely N-dealkylation sites (N-methyl/N-ethyl adjacent to an activating group) is 1. The molecule has 2 rings (SSSR count). The summed E-state index contributed by atoms with van der Waals surface area (Å²) in [7, 11) is -2.58. The van der Waals surface area contributed by atoms with Gasteiger partial charge in [0.2, 0.25) is 15.9 Å². The Balaban J connectivity index is 2.08. The van der Waals surface area contributed by atoms with Crippen molar-refractivity contribution >= 4 is 21.7 Å². The number of anilines is 1. The van der Waals surface area contributed by atoms with E-state index in [4.69, 9.17) is 0 Å². The van der Waals surface area contributed by atoms with Crippen molar-refractivity contribution in [1.29, 1.82) is 0 Å². The van der Waals surface area contributed by atoms with Crippen LogP contribution in [0.15, 0.2) is 41.4 Å². The predicted molar refractivity (Wildman–Crippen MR) is 87.5 cm³/mol. The second-order valence-electron chi connectivity index (χ2n) is 5.52. The van der Waals surface area contributed by atoms with Crippen molar-refractivity contribution in [2.45, 2.75) is 24.8 Å².